The molecule has 3 aliphatic heterocycles. The van der Waals surface area contributed by atoms with Crippen LogP contribution in [-0.2, 0) is 15.3 Å². The fourth-order valence-electron chi connectivity index (χ4n) is 3.68. The Morgan fingerprint density at radius 1 is 1.24 bits per heavy atom. The van der Waals surface area contributed by atoms with E-state index in [1.165, 1.54) is 11.6 Å². The van der Waals surface area contributed by atoms with Crippen molar-refractivity contribution in [1.29, 1.82) is 0 Å². The molecule has 6 nitrogen and oxygen atoms in total. The van der Waals surface area contributed by atoms with Gasteiger partial charge in [-0.15, -0.1) is 11.8 Å². The number of nitrogens with zero attached hydrogens (tertiary/aromatic N) is 2. The van der Waals surface area contributed by atoms with Crippen LogP contribution in [0.15, 0.2) is 41.3 Å². The van der Waals surface area contributed by atoms with Gasteiger partial charge in [-0.2, -0.15) is 4.98 Å². The van der Waals surface area contributed by atoms with Gasteiger partial charge in [0, 0.05) is 17.8 Å². The number of hydrogen-bond donors (Lipinski definition) is 0. The summed E-state index contributed by atoms with van der Waals surface area (Å²) < 4.78 is 20.4. The van der Waals surface area contributed by atoms with Gasteiger partial charge in [0.05, 0.1) is 11.9 Å². The first kappa shape index (κ1) is 15.4. The molecule has 1 aromatic carbocycles. The molecule has 0 spiro atoms. The molecule has 130 valence electrons. The first-order chi connectivity index (χ1) is 12.0. The van der Waals surface area contributed by atoms with Crippen molar-refractivity contribution >= 4 is 11.8 Å². The van der Waals surface area contributed by atoms with Crippen LogP contribution in [0.1, 0.15) is 23.4 Å². The van der Waals surface area contributed by atoms with E-state index in [0.717, 1.165) is 5.56 Å². The molecule has 0 radical (unpaired) electrons. The minimum absolute atomic E-state index is 0.0575. The summed E-state index contributed by atoms with van der Waals surface area (Å²) in [5.41, 5.74) is 1.90. The molecule has 4 heterocycles. The number of fused-ring (bicyclic) bond motifs is 5. The third-order valence-electron chi connectivity index (χ3n) is 5.07. The molecule has 0 aliphatic carbocycles. The predicted octanol–water partition coefficient (Wildman–Crippen LogP) is 2.22. The zero-order valence-electron chi connectivity index (χ0n) is 13.9. The summed E-state index contributed by atoms with van der Waals surface area (Å²) in [7, 11) is 0. The topological polar surface area (TPSA) is 62.6 Å². The summed E-state index contributed by atoms with van der Waals surface area (Å²) in [5, 5.41) is 0.253. The largest absolute Gasteiger partial charge is 0.455 e. The maximum Gasteiger partial charge on any atom is 0.301 e. The van der Waals surface area contributed by atoms with Crippen LogP contribution in [0.2, 0.25) is 0 Å². The van der Waals surface area contributed by atoms with Crippen LogP contribution in [0.3, 0.4) is 0 Å². The van der Waals surface area contributed by atoms with Gasteiger partial charge in [-0.05, 0) is 13.8 Å². The lowest BCUT2D eigenvalue weighted by Gasteiger charge is -2.41. The van der Waals surface area contributed by atoms with Crippen LogP contribution in [0, 0.1) is 6.92 Å². The normalized spacial score (nSPS) is 35.6. The number of benzene rings is 1. The quantitative estimate of drug-likeness (QED) is 0.779. The summed E-state index contributed by atoms with van der Waals surface area (Å²) >= 11 is 1.76. The predicted molar refractivity (Wildman–Crippen MR) is 92.7 cm³/mol. The van der Waals surface area contributed by atoms with Crippen LogP contribution in [-0.4, -0.2) is 33.6 Å². The van der Waals surface area contributed by atoms with Gasteiger partial charge in [-0.25, -0.2) is 0 Å². The summed E-state index contributed by atoms with van der Waals surface area (Å²) in [6.07, 6.45) is 1.46. The maximum absolute atomic E-state index is 11.5. The zero-order valence-corrected chi connectivity index (χ0v) is 14.7. The zero-order chi connectivity index (χ0) is 17.2. The smallest absolute Gasteiger partial charge is 0.301 e. The number of thioether (sulfide) groups is 1. The molecule has 0 N–H and O–H groups in total. The fraction of sp³-hybridized carbons (Fsp3) is 0.444. The number of ether oxygens (including phenoxy) is 3. The fourth-order valence-corrected chi connectivity index (χ4v) is 5.20. The molecule has 5 atom stereocenters. The number of rotatable bonds is 1. The highest BCUT2D eigenvalue weighted by atomic mass is 32.2. The summed E-state index contributed by atoms with van der Waals surface area (Å²) in [5.74, 6) is -0.801. The standard InChI is InChI=1S/C18H18N2O4S/c1-10-3-5-11(6-4-10)18(2)22-9-12-14(24-18)15-16(25-12)20-8-7-13(21)19-17(20)23-15/h3-8,12,14-16H,9H2,1-2H3/t12-,14-,15+,16-,18?/m1/s1. The van der Waals surface area contributed by atoms with Crippen LogP contribution in [0.25, 0.3) is 0 Å². The van der Waals surface area contributed by atoms with Gasteiger partial charge >= 0.3 is 6.01 Å². The highest BCUT2D eigenvalue weighted by Crippen LogP contribution is 2.53. The van der Waals surface area contributed by atoms with Crippen molar-refractivity contribution < 1.29 is 14.2 Å². The van der Waals surface area contributed by atoms with Crippen molar-refractivity contribution in [1.82, 2.24) is 9.55 Å². The number of aryl methyl sites for hydroxylation is 1. The van der Waals surface area contributed by atoms with Gasteiger partial charge in [0.15, 0.2) is 11.9 Å². The Morgan fingerprint density at radius 2 is 2.04 bits per heavy atom. The molecule has 2 aromatic rings. The van der Waals surface area contributed by atoms with Gasteiger partial charge in [0.2, 0.25) is 0 Å². The molecule has 3 aliphatic rings. The Balaban J connectivity index is 1.45. The van der Waals surface area contributed by atoms with Crippen LogP contribution < -0.4 is 10.3 Å². The lowest BCUT2D eigenvalue weighted by molar-refractivity contribution is -0.298. The second-order valence-electron chi connectivity index (χ2n) is 6.81. The average Bonchev–Trinajstić information content (AvgIpc) is 3.11. The minimum Gasteiger partial charge on any atom is -0.455 e. The van der Waals surface area contributed by atoms with Crippen molar-refractivity contribution in [3.8, 4) is 6.01 Å². The van der Waals surface area contributed by atoms with Gasteiger partial charge in [-0.3, -0.25) is 9.36 Å². The summed E-state index contributed by atoms with van der Waals surface area (Å²) in [6, 6.07) is 10.0. The maximum atomic E-state index is 11.5. The van der Waals surface area contributed by atoms with Crippen molar-refractivity contribution in [2.75, 3.05) is 6.61 Å². The van der Waals surface area contributed by atoms with E-state index < -0.39 is 5.79 Å². The van der Waals surface area contributed by atoms with Crippen molar-refractivity contribution in [3.63, 3.8) is 0 Å². The first-order valence-electron chi connectivity index (χ1n) is 8.34. The van der Waals surface area contributed by atoms with Crippen LogP contribution >= 0.6 is 11.8 Å². The summed E-state index contributed by atoms with van der Waals surface area (Å²) in [6.45, 7) is 4.61. The number of aromatic nitrogens is 2. The molecule has 1 aromatic heterocycles. The molecule has 0 bridgehead atoms. The molecule has 0 amide bonds. The van der Waals surface area contributed by atoms with Crippen LogP contribution in [0.5, 0.6) is 6.01 Å². The average molecular weight is 358 g/mol. The van der Waals surface area contributed by atoms with Crippen molar-refractivity contribution in [3.05, 3.63) is 58.0 Å². The Kier molecular flexibility index (Phi) is 3.29. The first-order valence-corrected chi connectivity index (χ1v) is 9.28. The van der Waals surface area contributed by atoms with E-state index in [4.69, 9.17) is 14.2 Å². The SMILES string of the molecule is Cc1ccc(C2(C)OC[C@H]3S[C@@H]4[C@@H](Oc5nc(=O)ccn54)[C@@H]3O2)cc1. The Labute approximate surface area is 149 Å². The van der Waals surface area contributed by atoms with E-state index in [9.17, 15) is 4.79 Å². The molecule has 2 fully saturated rings. The Bertz CT molecular complexity index is 883. The molecule has 1 unspecified atom stereocenters. The molecule has 7 heteroatoms. The van der Waals surface area contributed by atoms with E-state index in [1.807, 2.05) is 23.6 Å². The Morgan fingerprint density at radius 3 is 2.84 bits per heavy atom. The highest BCUT2D eigenvalue weighted by molar-refractivity contribution is 8.00. The lowest BCUT2D eigenvalue weighted by Crippen LogP contribution is -2.50. The molecular weight excluding hydrogens is 340 g/mol. The molecule has 25 heavy (non-hydrogen) atoms. The van der Waals surface area contributed by atoms with Crippen molar-refractivity contribution in [2.24, 2.45) is 0 Å². The monoisotopic (exact) mass is 358 g/mol. The van der Waals surface area contributed by atoms with Gasteiger partial charge < -0.3 is 14.2 Å². The second kappa shape index (κ2) is 5.33. The molecule has 5 rings (SSSR count). The Hall–Kier alpha value is -1.83. The summed E-state index contributed by atoms with van der Waals surface area (Å²) in [4.78, 5) is 15.4. The van der Waals surface area contributed by atoms with E-state index in [-0.39, 0.29) is 28.4 Å². The third-order valence-corrected chi connectivity index (χ3v) is 6.59. The van der Waals surface area contributed by atoms with Gasteiger partial charge in [0.25, 0.3) is 5.56 Å². The van der Waals surface area contributed by atoms with E-state index >= 15 is 0 Å². The third kappa shape index (κ3) is 2.33. The van der Waals surface area contributed by atoms with Crippen molar-refractivity contribution in [2.45, 2.75) is 42.5 Å². The number of hydrogen-bond acceptors (Lipinski definition) is 6. The molecule has 2 saturated heterocycles. The second-order valence-corrected chi connectivity index (χ2v) is 8.17. The van der Waals surface area contributed by atoms with Gasteiger partial charge in [-0.1, -0.05) is 29.8 Å². The lowest BCUT2D eigenvalue weighted by atomic mass is 10.0. The van der Waals surface area contributed by atoms with E-state index in [1.54, 1.807) is 18.0 Å². The molecule has 0 saturated carbocycles. The van der Waals surface area contributed by atoms with Gasteiger partial charge in [0.1, 0.15) is 11.5 Å². The highest BCUT2D eigenvalue weighted by Gasteiger charge is 2.56. The van der Waals surface area contributed by atoms with E-state index in [2.05, 4.69) is 24.0 Å². The minimum atomic E-state index is -0.801. The van der Waals surface area contributed by atoms with Crippen LogP contribution in [0.4, 0.5) is 0 Å². The molecular formula is C18H18N2O4S. The van der Waals surface area contributed by atoms with E-state index in [0.29, 0.717) is 12.6 Å².